The average Bonchev–Trinajstić information content (AvgIpc) is 2.46. The van der Waals surface area contributed by atoms with Gasteiger partial charge >= 0.3 is 0 Å². The highest BCUT2D eigenvalue weighted by molar-refractivity contribution is 14.1. The second-order valence-electron chi connectivity index (χ2n) is 5.03. The first-order valence-electron chi connectivity index (χ1n) is 6.89. The van der Waals surface area contributed by atoms with Crippen molar-refractivity contribution in [2.24, 2.45) is 11.0 Å². The zero-order valence-corrected chi connectivity index (χ0v) is 13.7. The molecule has 0 radical (unpaired) electrons. The Morgan fingerprint density at radius 3 is 2.85 bits per heavy atom. The van der Waals surface area contributed by atoms with Crippen LogP contribution in [0.2, 0.25) is 0 Å². The van der Waals surface area contributed by atoms with E-state index in [9.17, 15) is 4.79 Å². The number of nitrogens with zero attached hydrogens (tertiary/aromatic N) is 1. The van der Waals surface area contributed by atoms with Gasteiger partial charge in [0.25, 0.3) is 5.91 Å². The molecule has 1 atom stereocenters. The second-order valence-corrected chi connectivity index (χ2v) is 6.27. The molecule has 2 rings (SSSR count). The molecule has 1 aliphatic carbocycles. The number of rotatable bonds is 4. The summed E-state index contributed by atoms with van der Waals surface area (Å²) in [7, 11) is 0. The van der Waals surface area contributed by atoms with E-state index in [0.29, 0.717) is 11.7 Å². The van der Waals surface area contributed by atoms with Gasteiger partial charge in [-0.15, -0.1) is 0 Å². The molecule has 0 unspecified atom stereocenters. The Balaban J connectivity index is 1.77. The maximum atomic E-state index is 11.7. The molecule has 0 spiro atoms. The average molecular weight is 386 g/mol. The smallest absolute Gasteiger partial charge is 0.277 e. The van der Waals surface area contributed by atoms with Gasteiger partial charge in [0.15, 0.2) is 6.61 Å². The van der Waals surface area contributed by atoms with Crippen LogP contribution in [0.5, 0.6) is 5.75 Å². The van der Waals surface area contributed by atoms with Crippen LogP contribution in [0.1, 0.15) is 32.6 Å². The van der Waals surface area contributed by atoms with E-state index in [0.717, 1.165) is 28.5 Å². The molecular weight excluding hydrogens is 367 g/mol. The summed E-state index contributed by atoms with van der Waals surface area (Å²) in [5, 5.41) is 4.23. The zero-order chi connectivity index (χ0) is 14.4. The molecule has 1 aromatic carbocycles. The Kier molecular flexibility index (Phi) is 5.82. The lowest BCUT2D eigenvalue weighted by Crippen LogP contribution is -2.28. The summed E-state index contributed by atoms with van der Waals surface area (Å²) in [5.41, 5.74) is 3.68. The summed E-state index contributed by atoms with van der Waals surface area (Å²) >= 11 is 2.23. The molecule has 0 bridgehead atoms. The van der Waals surface area contributed by atoms with Crippen LogP contribution >= 0.6 is 22.6 Å². The number of hydrogen-bond acceptors (Lipinski definition) is 3. The number of amides is 1. The molecule has 1 aliphatic rings. The molecule has 0 heterocycles. The molecule has 0 aliphatic heterocycles. The Morgan fingerprint density at radius 2 is 2.15 bits per heavy atom. The summed E-state index contributed by atoms with van der Waals surface area (Å²) in [6.45, 7) is 2.15. The van der Waals surface area contributed by atoms with Gasteiger partial charge in [-0.1, -0.05) is 13.3 Å². The van der Waals surface area contributed by atoms with E-state index in [2.05, 4.69) is 40.0 Å². The molecule has 108 valence electrons. The maximum absolute atomic E-state index is 11.7. The lowest BCUT2D eigenvalue weighted by molar-refractivity contribution is -0.123. The van der Waals surface area contributed by atoms with Crippen molar-refractivity contribution in [3.63, 3.8) is 0 Å². The number of hydrazone groups is 1. The third-order valence-electron chi connectivity index (χ3n) is 3.40. The minimum atomic E-state index is -0.214. The first-order chi connectivity index (χ1) is 9.65. The van der Waals surface area contributed by atoms with Gasteiger partial charge in [0.1, 0.15) is 5.75 Å². The standard InChI is InChI=1S/C15H19IN2O2/c1-11-4-2-3-5-14(11)17-18-15(19)10-20-13-8-6-12(16)7-9-13/h6-9,11H,2-5,10H2,1H3,(H,18,19)/t11-/m1/s1. The van der Waals surface area contributed by atoms with Crippen LogP contribution in [0.3, 0.4) is 0 Å². The number of halogens is 1. The fourth-order valence-corrected chi connectivity index (χ4v) is 2.54. The van der Waals surface area contributed by atoms with Crippen molar-refractivity contribution in [2.75, 3.05) is 6.61 Å². The molecular formula is C15H19IN2O2. The van der Waals surface area contributed by atoms with E-state index >= 15 is 0 Å². The number of benzene rings is 1. The van der Waals surface area contributed by atoms with E-state index in [1.165, 1.54) is 6.42 Å². The van der Waals surface area contributed by atoms with Gasteiger partial charge in [0.05, 0.1) is 0 Å². The first kappa shape index (κ1) is 15.3. The van der Waals surface area contributed by atoms with Gasteiger partial charge < -0.3 is 4.74 Å². The van der Waals surface area contributed by atoms with Gasteiger partial charge in [-0.25, -0.2) is 5.43 Å². The van der Waals surface area contributed by atoms with Crippen molar-refractivity contribution in [1.29, 1.82) is 0 Å². The fraction of sp³-hybridized carbons (Fsp3) is 0.467. The number of ether oxygens (including phenoxy) is 1. The van der Waals surface area contributed by atoms with Gasteiger partial charge in [-0.05, 0) is 72.0 Å². The van der Waals surface area contributed by atoms with Gasteiger partial charge in [0, 0.05) is 9.28 Å². The Hall–Kier alpha value is -1.11. The molecule has 1 aromatic rings. The largest absolute Gasteiger partial charge is 0.484 e. The lowest BCUT2D eigenvalue weighted by atomic mass is 9.89. The number of hydrogen-bond donors (Lipinski definition) is 1. The van der Waals surface area contributed by atoms with Crippen molar-refractivity contribution in [3.05, 3.63) is 27.8 Å². The van der Waals surface area contributed by atoms with E-state index in [-0.39, 0.29) is 12.5 Å². The molecule has 20 heavy (non-hydrogen) atoms. The van der Waals surface area contributed by atoms with Gasteiger partial charge in [-0.3, -0.25) is 4.79 Å². The molecule has 1 N–H and O–H groups in total. The van der Waals surface area contributed by atoms with Crippen molar-refractivity contribution in [2.45, 2.75) is 32.6 Å². The van der Waals surface area contributed by atoms with Crippen molar-refractivity contribution < 1.29 is 9.53 Å². The Morgan fingerprint density at radius 1 is 1.40 bits per heavy atom. The highest BCUT2D eigenvalue weighted by Gasteiger charge is 2.16. The zero-order valence-electron chi connectivity index (χ0n) is 11.6. The normalized spacial score (nSPS) is 20.7. The van der Waals surface area contributed by atoms with Gasteiger partial charge in [0.2, 0.25) is 0 Å². The topological polar surface area (TPSA) is 50.7 Å². The van der Waals surface area contributed by atoms with Crippen LogP contribution in [0, 0.1) is 9.49 Å². The Bertz CT molecular complexity index is 485. The van der Waals surface area contributed by atoms with Crippen molar-refractivity contribution in [1.82, 2.24) is 5.43 Å². The van der Waals surface area contributed by atoms with Crippen LogP contribution in [-0.4, -0.2) is 18.2 Å². The summed E-state index contributed by atoms with van der Waals surface area (Å²) in [6.07, 6.45) is 4.57. The Labute approximate surface area is 133 Å². The summed E-state index contributed by atoms with van der Waals surface area (Å²) in [6, 6.07) is 7.59. The molecule has 4 nitrogen and oxygen atoms in total. The quantitative estimate of drug-likeness (QED) is 0.638. The number of carbonyl (C=O) groups is 1. The van der Waals surface area contributed by atoms with Gasteiger partial charge in [-0.2, -0.15) is 5.10 Å². The van der Waals surface area contributed by atoms with E-state index in [4.69, 9.17) is 4.74 Å². The highest BCUT2D eigenvalue weighted by Crippen LogP contribution is 2.20. The predicted octanol–water partition coefficient (Wildman–Crippen LogP) is 3.35. The van der Waals surface area contributed by atoms with Crippen LogP contribution in [0.4, 0.5) is 0 Å². The van der Waals surface area contributed by atoms with Crippen LogP contribution in [0.15, 0.2) is 29.4 Å². The molecule has 0 saturated heterocycles. The summed E-state index contributed by atoms with van der Waals surface area (Å²) in [4.78, 5) is 11.7. The molecule has 1 amide bonds. The van der Waals surface area contributed by atoms with Crippen molar-refractivity contribution >= 4 is 34.2 Å². The predicted molar refractivity (Wildman–Crippen MR) is 87.9 cm³/mol. The van der Waals surface area contributed by atoms with E-state index in [1.54, 1.807) is 0 Å². The molecule has 5 heteroatoms. The van der Waals surface area contributed by atoms with Crippen LogP contribution in [0.25, 0.3) is 0 Å². The number of carbonyl (C=O) groups excluding carboxylic acids is 1. The third-order valence-corrected chi connectivity index (χ3v) is 4.12. The van der Waals surface area contributed by atoms with E-state index < -0.39 is 0 Å². The molecule has 1 saturated carbocycles. The maximum Gasteiger partial charge on any atom is 0.277 e. The monoisotopic (exact) mass is 386 g/mol. The fourth-order valence-electron chi connectivity index (χ4n) is 2.18. The third kappa shape index (κ3) is 4.77. The summed E-state index contributed by atoms with van der Waals surface area (Å²) < 4.78 is 6.54. The lowest BCUT2D eigenvalue weighted by Gasteiger charge is -2.19. The number of nitrogens with one attached hydrogen (secondary N) is 1. The minimum absolute atomic E-state index is 0.00818. The molecule has 1 fully saturated rings. The first-order valence-corrected chi connectivity index (χ1v) is 7.96. The highest BCUT2D eigenvalue weighted by atomic mass is 127. The SMILES string of the molecule is C[C@@H]1CCCCC1=NNC(=O)COc1ccc(I)cc1. The second kappa shape index (κ2) is 7.61. The van der Waals surface area contributed by atoms with Crippen LogP contribution in [-0.2, 0) is 4.79 Å². The van der Waals surface area contributed by atoms with Crippen LogP contribution < -0.4 is 10.2 Å². The minimum Gasteiger partial charge on any atom is -0.484 e. The summed E-state index contributed by atoms with van der Waals surface area (Å²) in [5.74, 6) is 0.953. The van der Waals surface area contributed by atoms with E-state index in [1.807, 2.05) is 24.3 Å². The molecule has 0 aromatic heterocycles. The van der Waals surface area contributed by atoms with Crippen molar-refractivity contribution in [3.8, 4) is 5.75 Å².